The lowest BCUT2D eigenvalue weighted by Crippen LogP contribution is -2.42. The van der Waals surface area contributed by atoms with Crippen molar-refractivity contribution in [3.05, 3.63) is 56.5 Å². The van der Waals surface area contributed by atoms with Gasteiger partial charge in [0.15, 0.2) is 0 Å². The molecule has 0 spiro atoms. The highest BCUT2D eigenvalue weighted by Crippen LogP contribution is 2.32. The van der Waals surface area contributed by atoms with E-state index < -0.39 is 0 Å². The number of hydrazine groups is 1. The summed E-state index contributed by atoms with van der Waals surface area (Å²) in [5.41, 5.74) is 9.27. The van der Waals surface area contributed by atoms with Gasteiger partial charge in [-0.2, -0.15) is 0 Å². The van der Waals surface area contributed by atoms with Gasteiger partial charge in [-0.05, 0) is 36.4 Å². The van der Waals surface area contributed by atoms with E-state index in [1.807, 2.05) is 0 Å². The maximum absolute atomic E-state index is 7.43. The summed E-state index contributed by atoms with van der Waals surface area (Å²) >= 11 is 24.0. The Morgan fingerprint density at radius 3 is 1.43 bits per heavy atom. The third-order valence-electron chi connectivity index (χ3n) is 2.44. The molecule has 0 unspecified atom stereocenters. The van der Waals surface area contributed by atoms with Crippen molar-refractivity contribution in [2.45, 2.75) is 0 Å². The van der Waals surface area contributed by atoms with Gasteiger partial charge in [0.05, 0.1) is 11.4 Å². The zero-order valence-corrected chi connectivity index (χ0v) is 13.5. The average molecular weight is 364 g/mol. The lowest BCUT2D eigenvalue weighted by atomic mass is 10.2. The number of guanidine groups is 1. The van der Waals surface area contributed by atoms with Gasteiger partial charge in [0, 0.05) is 20.1 Å². The summed E-state index contributed by atoms with van der Waals surface area (Å²) in [5.74, 6) is -0.262. The second-order valence-corrected chi connectivity index (χ2v) is 5.86. The number of nitrogens with two attached hydrogens (primary N) is 1. The summed E-state index contributed by atoms with van der Waals surface area (Å²) < 4.78 is 0. The van der Waals surface area contributed by atoms with Crippen molar-refractivity contribution in [3.63, 3.8) is 0 Å². The molecule has 2 rings (SSSR count). The Morgan fingerprint density at radius 2 is 1.14 bits per heavy atom. The molecule has 8 heteroatoms. The van der Waals surface area contributed by atoms with Crippen LogP contribution in [0.15, 0.2) is 36.4 Å². The van der Waals surface area contributed by atoms with E-state index in [0.29, 0.717) is 31.5 Å². The van der Waals surface area contributed by atoms with Crippen LogP contribution in [0.1, 0.15) is 0 Å². The van der Waals surface area contributed by atoms with Crippen molar-refractivity contribution in [2.75, 3.05) is 5.01 Å². The molecule has 0 heterocycles. The van der Waals surface area contributed by atoms with Gasteiger partial charge >= 0.3 is 0 Å². The van der Waals surface area contributed by atoms with Gasteiger partial charge in [0.25, 0.3) is 0 Å². The normalized spacial score (nSPS) is 10.3. The highest BCUT2D eigenvalue weighted by Gasteiger charge is 2.13. The zero-order chi connectivity index (χ0) is 15.6. The molecule has 0 atom stereocenters. The molecule has 110 valence electrons. The van der Waals surface area contributed by atoms with E-state index in [1.165, 1.54) is 5.01 Å². The molecule has 2 aromatic carbocycles. The Balaban J connectivity index is 2.54. The molecule has 0 aliphatic carbocycles. The van der Waals surface area contributed by atoms with Crippen molar-refractivity contribution in [3.8, 4) is 0 Å². The first kappa shape index (κ1) is 16.0. The number of halogens is 4. The Bertz CT molecular complexity index is 598. The first-order valence-electron chi connectivity index (χ1n) is 5.68. The Morgan fingerprint density at radius 1 is 0.810 bits per heavy atom. The van der Waals surface area contributed by atoms with Crippen molar-refractivity contribution in [1.29, 1.82) is 5.41 Å². The molecule has 0 fully saturated rings. The number of benzene rings is 2. The quantitative estimate of drug-likeness (QED) is 0.415. The summed E-state index contributed by atoms with van der Waals surface area (Å²) in [7, 11) is 0. The van der Waals surface area contributed by atoms with E-state index in [-0.39, 0.29) is 5.96 Å². The molecule has 0 saturated carbocycles. The van der Waals surface area contributed by atoms with Crippen molar-refractivity contribution < 1.29 is 0 Å². The van der Waals surface area contributed by atoms with Crippen LogP contribution in [-0.4, -0.2) is 5.96 Å². The van der Waals surface area contributed by atoms with Gasteiger partial charge in [-0.15, -0.1) is 0 Å². The van der Waals surface area contributed by atoms with E-state index in [9.17, 15) is 0 Å². The summed E-state index contributed by atoms with van der Waals surface area (Å²) in [6.07, 6.45) is 0. The highest BCUT2D eigenvalue weighted by atomic mass is 35.5. The van der Waals surface area contributed by atoms with Gasteiger partial charge in [0.2, 0.25) is 5.96 Å². The fourth-order valence-corrected chi connectivity index (χ4v) is 2.76. The largest absolute Gasteiger partial charge is 0.369 e. The molecule has 4 nitrogen and oxygen atoms in total. The van der Waals surface area contributed by atoms with Gasteiger partial charge in [-0.3, -0.25) is 15.8 Å². The minimum atomic E-state index is -0.262. The van der Waals surface area contributed by atoms with Crippen molar-refractivity contribution in [1.82, 2.24) is 5.43 Å². The highest BCUT2D eigenvalue weighted by molar-refractivity contribution is 6.35. The van der Waals surface area contributed by atoms with Crippen molar-refractivity contribution in [2.24, 2.45) is 5.73 Å². The minimum Gasteiger partial charge on any atom is -0.369 e. The zero-order valence-electron chi connectivity index (χ0n) is 10.5. The number of hydrogen-bond acceptors (Lipinski definition) is 2. The predicted molar refractivity (Wildman–Crippen MR) is 90.1 cm³/mol. The number of rotatable bonds is 3. The maximum atomic E-state index is 7.43. The molecule has 21 heavy (non-hydrogen) atoms. The molecular weight excluding hydrogens is 354 g/mol. The third kappa shape index (κ3) is 4.32. The fraction of sp³-hybridized carbons (Fsp3) is 0. The topological polar surface area (TPSA) is 65.1 Å². The van der Waals surface area contributed by atoms with Crippen LogP contribution in [0.4, 0.5) is 11.4 Å². The maximum Gasteiger partial charge on any atom is 0.205 e. The fourth-order valence-electron chi connectivity index (χ4n) is 1.74. The lowest BCUT2D eigenvalue weighted by Gasteiger charge is -2.26. The summed E-state index contributed by atoms with van der Waals surface area (Å²) in [6, 6.07) is 9.86. The SMILES string of the molecule is N=C(N)NN(c1cc(Cl)cc(Cl)c1)c1cc(Cl)cc(Cl)c1. The Hall–Kier alpha value is -1.33. The van der Waals surface area contributed by atoms with Gasteiger partial charge in [-0.1, -0.05) is 46.4 Å². The van der Waals surface area contributed by atoms with Crippen LogP contribution in [0.5, 0.6) is 0 Å². The third-order valence-corrected chi connectivity index (χ3v) is 3.32. The molecule has 2 aromatic rings. The van der Waals surface area contributed by atoms with E-state index in [2.05, 4.69) is 5.43 Å². The van der Waals surface area contributed by atoms with Crippen molar-refractivity contribution >= 4 is 63.7 Å². The molecule has 0 aliphatic rings. The molecule has 4 N–H and O–H groups in total. The van der Waals surface area contributed by atoms with E-state index >= 15 is 0 Å². The molecule has 0 saturated heterocycles. The van der Waals surface area contributed by atoms with Crippen LogP contribution >= 0.6 is 46.4 Å². The molecule has 0 aliphatic heterocycles. The van der Waals surface area contributed by atoms with Crippen LogP contribution in [0, 0.1) is 5.41 Å². The average Bonchev–Trinajstić information content (AvgIpc) is 2.33. The van der Waals surface area contributed by atoms with Crippen LogP contribution in [0.25, 0.3) is 0 Å². The van der Waals surface area contributed by atoms with E-state index in [1.54, 1.807) is 36.4 Å². The lowest BCUT2D eigenvalue weighted by molar-refractivity contribution is 0.913. The van der Waals surface area contributed by atoms with Gasteiger partial charge < -0.3 is 5.73 Å². The summed E-state index contributed by atoms with van der Waals surface area (Å²) in [4.78, 5) is 0. The number of hydrogen-bond donors (Lipinski definition) is 3. The smallest absolute Gasteiger partial charge is 0.205 e. The Kier molecular flexibility index (Phi) is 5.06. The summed E-state index contributed by atoms with van der Waals surface area (Å²) in [6.45, 7) is 0. The predicted octanol–water partition coefficient (Wildman–Crippen LogP) is 4.84. The molecule has 0 bridgehead atoms. The van der Waals surface area contributed by atoms with Gasteiger partial charge in [0.1, 0.15) is 0 Å². The minimum absolute atomic E-state index is 0.262. The number of nitrogens with zero attached hydrogens (tertiary/aromatic N) is 1. The number of anilines is 2. The molecular formula is C13H10Cl4N4. The first-order valence-corrected chi connectivity index (χ1v) is 7.19. The second-order valence-electron chi connectivity index (χ2n) is 4.12. The van der Waals surface area contributed by atoms with Crippen LogP contribution in [-0.2, 0) is 0 Å². The van der Waals surface area contributed by atoms with Gasteiger partial charge in [-0.25, -0.2) is 0 Å². The second kappa shape index (κ2) is 6.62. The Labute approximate surface area is 141 Å². The molecule has 0 radical (unpaired) electrons. The van der Waals surface area contributed by atoms with E-state index in [0.717, 1.165) is 0 Å². The van der Waals surface area contributed by atoms with Crippen LogP contribution in [0.2, 0.25) is 20.1 Å². The van der Waals surface area contributed by atoms with Crippen LogP contribution < -0.4 is 16.2 Å². The molecule has 0 aromatic heterocycles. The monoisotopic (exact) mass is 362 g/mol. The summed E-state index contributed by atoms with van der Waals surface area (Å²) in [5, 5.41) is 10.7. The standard InChI is InChI=1S/C13H10Cl4N4/c14-7-1-8(15)4-11(3-7)21(20-13(18)19)12-5-9(16)2-10(17)6-12/h1-6H,(H4,18,19,20). The van der Waals surface area contributed by atoms with Crippen LogP contribution in [0.3, 0.4) is 0 Å². The van der Waals surface area contributed by atoms with E-state index in [4.69, 9.17) is 57.5 Å². The number of nitrogens with one attached hydrogen (secondary N) is 2. The first-order chi connectivity index (χ1) is 9.85. The molecule has 0 amide bonds.